The number of aryl methyl sites for hydroxylation is 1. The Morgan fingerprint density at radius 2 is 1.88 bits per heavy atom. The number of nitrogens with zero attached hydrogens (tertiary/aromatic N) is 1. The van der Waals surface area contributed by atoms with E-state index in [1.165, 1.54) is 12.1 Å². The number of aliphatic carboxylic acids is 1. The molecule has 0 aliphatic carbocycles. The number of alkyl halides is 3. The lowest BCUT2D eigenvalue weighted by Crippen LogP contribution is -2.42. The highest BCUT2D eigenvalue weighted by atomic mass is 32.1. The molecular formula is C23H18F3N3O4S. The third-order valence-corrected chi connectivity index (χ3v) is 6.25. The fourth-order valence-electron chi connectivity index (χ4n) is 3.47. The van der Waals surface area contributed by atoms with Gasteiger partial charge >= 0.3 is 12.3 Å². The highest BCUT2D eigenvalue weighted by Gasteiger charge is 2.31. The van der Waals surface area contributed by atoms with Gasteiger partial charge in [0.15, 0.2) is 0 Å². The van der Waals surface area contributed by atoms with Gasteiger partial charge in [0.1, 0.15) is 21.7 Å². The van der Waals surface area contributed by atoms with Gasteiger partial charge in [0.05, 0.1) is 5.69 Å². The lowest BCUT2D eigenvalue weighted by molar-refractivity contribution is -0.274. The molecule has 0 radical (unpaired) electrons. The average molecular weight is 489 g/mol. The van der Waals surface area contributed by atoms with Gasteiger partial charge in [-0.05, 0) is 42.8 Å². The van der Waals surface area contributed by atoms with Crippen LogP contribution in [0.1, 0.15) is 20.9 Å². The quantitative estimate of drug-likeness (QED) is 0.342. The molecule has 11 heteroatoms. The van der Waals surface area contributed by atoms with Gasteiger partial charge in [-0.1, -0.05) is 18.2 Å². The Morgan fingerprint density at radius 1 is 1.18 bits per heavy atom. The number of ether oxygens (including phenoxy) is 1. The van der Waals surface area contributed by atoms with Crippen LogP contribution in [0.4, 0.5) is 13.2 Å². The van der Waals surface area contributed by atoms with Crippen molar-refractivity contribution in [3.8, 4) is 16.3 Å². The minimum Gasteiger partial charge on any atom is -0.480 e. The van der Waals surface area contributed by atoms with Crippen LogP contribution in [0, 0.1) is 6.92 Å². The van der Waals surface area contributed by atoms with Crippen molar-refractivity contribution in [1.82, 2.24) is 15.3 Å². The molecule has 1 amide bonds. The fraction of sp³-hybridized carbons (Fsp3) is 0.174. The number of hydrogen-bond acceptors (Lipinski definition) is 5. The predicted octanol–water partition coefficient (Wildman–Crippen LogP) is 4.92. The van der Waals surface area contributed by atoms with Gasteiger partial charge in [0, 0.05) is 29.1 Å². The summed E-state index contributed by atoms with van der Waals surface area (Å²) in [5, 5.41) is 13.5. The van der Waals surface area contributed by atoms with Crippen LogP contribution in [0.15, 0.2) is 54.7 Å². The maximum absolute atomic E-state index is 12.9. The second-order valence-electron chi connectivity index (χ2n) is 7.43. The van der Waals surface area contributed by atoms with Crippen LogP contribution in [0.3, 0.4) is 0 Å². The molecular weight excluding hydrogens is 471 g/mol. The molecule has 34 heavy (non-hydrogen) atoms. The van der Waals surface area contributed by atoms with E-state index in [4.69, 9.17) is 0 Å². The number of para-hydroxylation sites is 1. The number of carboxylic acid groups (broad SMARTS) is 1. The summed E-state index contributed by atoms with van der Waals surface area (Å²) in [6.07, 6.45) is -3.00. The van der Waals surface area contributed by atoms with E-state index in [0.29, 0.717) is 16.3 Å². The summed E-state index contributed by atoms with van der Waals surface area (Å²) in [6.45, 7) is 1.60. The third kappa shape index (κ3) is 5.20. The fourth-order valence-corrected chi connectivity index (χ4v) is 4.45. The van der Waals surface area contributed by atoms with Crippen molar-refractivity contribution in [2.24, 2.45) is 0 Å². The maximum Gasteiger partial charge on any atom is 0.573 e. The Bertz CT molecular complexity index is 1350. The normalized spacial score (nSPS) is 12.5. The molecule has 4 aromatic rings. The molecule has 1 atom stereocenters. The summed E-state index contributed by atoms with van der Waals surface area (Å²) in [4.78, 5) is 32.3. The zero-order valence-electron chi connectivity index (χ0n) is 17.6. The van der Waals surface area contributed by atoms with Crippen molar-refractivity contribution >= 4 is 34.1 Å². The molecule has 3 N–H and O–H groups in total. The maximum atomic E-state index is 12.9. The van der Waals surface area contributed by atoms with E-state index in [9.17, 15) is 27.9 Å². The number of aromatic amines is 1. The van der Waals surface area contributed by atoms with Gasteiger partial charge in [0.25, 0.3) is 5.91 Å². The largest absolute Gasteiger partial charge is 0.573 e. The Hall–Kier alpha value is -3.86. The van der Waals surface area contributed by atoms with E-state index >= 15 is 0 Å². The molecule has 0 saturated heterocycles. The van der Waals surface area contributed by atoms with Crippen LogP contribution >= 0.6 is 11.3 Å². The van der Waals surface area contributed by atoms with Gasteiger partial charge in [-0.2, -0.15) is 0 Å². The molecule has 0 aliphatic rings. The number of carbonyl (C=O) groups excluding carboxylic acids is 1. The van der Waals surface area contributed by atoms with Crippen molar-refractivity contribution in [1.29, 1.82) is 0 Å². The summed E-state index contributed by atoms with van der Waals surface area (Å²) in [5.41, 5.74) is 2.49. The topological polar surface area (TPSA) is 104 Å². The Balaban J connectivity index is 1.50. The van der Waals surface area contributed by atoms with E-state index in [1.54, 1.807) is 13.1 Å². The molecule has 176 valence electrons. The van der Waals surface area contributed by atoms with Gasteiger partial charge in [-0.3, -0.25) is 4.79 Å². The van der Waals surface area contributed by atoms with Gasteiger partial charge < -0.3 is 20.1 Å². The highest BCUT2D eigenvalue weighted by Crippen LogP contribution is 2.31. The monoisotopic (exact) mass is 489 g/mol. The molecule has 4 rings (SSSR count). The average Bonchev–Trinajstić information content (AvgIpc) is 3.36. The first-order chi connectivity index (χ1) is 16.1. The van der Waals surface area contributed by atoms with Gasteiger partial charge in [0.2, 0.25) is 0 Å². The number of carbonyl (C=O) groups is 2. The number of nitrogens with one attached hydrogen (secondary N) is 2. The van der Waals surface area contributed by atoms with Crippen LogP contribution in [-0.2, 0) is 11.2 Å². The number of hydrogen-bond donors (Lipinski definition) is 3. The van der Waals surface area contributed by atoms with Gasteiger partial charge in [-0.25, -0.2) is 9.78 Å². The number of carboxylic acids is 1. The molecule has 2 aromatic heterocycles. The van der Waals surface area contributed by atoms with Crippen molar-refractivity contribution < 1.29 is 32.6 Å². The second-order valence-corrected chi connectivity index (χ2v) is 8.43. The minimum atomic E-state index is -4.79. The van der Waals surface area contributed by atoms with Gasteiger partial charge in [-0.15, -0.1) is 24.5 Å². The van der Waals surface area contributed by atoms with Crippen LogP contribution in [-0.4, -0.2) is 39.4 Å². The van der Waals surface area contributed by atoms with Crippen LogP contribution in [0.5, 0.6) is 5.75 Å². The first-order valence-corrected chi connectivity index (χ1v) is 10.8. The van der Waals surface area contributed by atoms with Crippen LogP contribution in [0.2, 0.25) is 0 Å². The molecule has 2 aromatic carbocycles. The van der Waals surface area contributed by atoms with E-state index in [1.807, 2.05) is 24.3 Å². The number of H-pyrrole nitrogens is 1. The zero-order chi connectivity index (χ0) is 24.5. The first-order valence-electron chi connectivity index (χ1n) is 10.0. The van der Waals surface area contributed by atoms with Crippen LogP contribution in [0.25, 0.3) is 21.5 Å². The summed E-state index contributed by atoms with van der Waals surface area (Å²) in [5.74, 6) is -2.14. The number of aromatic nitrogens is 2. The van der Waals surface area contributed by atoms with Crippen LogP contribution < -0.4 is 10.1 Å². The molecule has 0 saturated carbocycles. The SMILES string of the molecule is Cc1nc(-c2ccc(OC(F)(F)F)cc2)sc1C(=O)NC(Cc1c[nH]c2ccccc12)C(=O)O. The summed E-state index contributed by atoms with van der Waals surface area (Å²) >= 11 is 1.02. The number of rotatable bonds is 7. The molecule has 7 nitrogen and oxygen atoms in total. The first kappa shape index (κ1) is 23.3. The molecule has 0 bridgehead atoms. The molecule has 1 unspecified atom stereocenters. The molecule has 0 fully saturated rings. The molecule has 0 aliphatic heterocycles. The zero-order valence-corrected chi connectivity index (χ0v) is 18.5. The third-order valence-electron chi connectivity index (χ3n) is 5.04. The molecule has 0 spiro atoms. The number of fused-ring (bicyclic) bond motifs is 1. The molecule has 2 heterocycles. The lowest BCUT2D eigenvalue weighted by Gasteiger charge is -2.13. The van der Waals surface area contributed by atoms with E-state index in [-0.39, 0.29) is 17.0 Å². The Labute approximate surface area is 195 Å². The highest BCUT2D eigenvalue weighted by molar-refractivity contribution is 7.17. The van der Waals surface area contributed by atoms with E-state index in [2.05, 4.69) is 20.0 Å². The summed E-state index contributed by atoms with van der Waals surface area (Å²) < 4.78 is 40.9. The lowest BCUT2D eigenvalue weighted by atomic mass is 10.0. The Kier molecular flexibility index (Phi) is 6.29. The van der Waals surface area contributed by atoms with E-state index < -0.39 is 24.3 Å². The minimum absolute atomic E-state index is 0.0798. The van der Waals surface area contributed by atoms with Crippen molar-refractivity contribution in [2.45, 2.75) is 25.7 Å². The smallest absolute Gasteiger partial charge is 0.480 e. The van der Waals surface area contributed by atoms with Crippen molar-refractivity contribution in [2.75, 3.05) is 0 Å². The number of thiazole rings is 1. The number of amides is 1. The van der Waals surface area contributed by atoms with Crippen molar-refractivity contribution in [3.63, 3.8) is 0 Å². The number of benzene rings is 2. The Morgan fingerprint density at radius 3 is 2.56 bits per heavy atom. The van der Waals surface area contributed by atoms with E-state index in [0.717, 1.165) is 39.9 Å². The standard InChI is InChI=1S/C23H18F3N3O4S/c1-12-19(34-21(28-12)13-6-8-15(9-7-13)33-23(24,25)26)20(30)29-18(22(31)32)10-14-11-27-17-5-3-2-4-16(14)17/h2-9,11,18,27H,10H2,1H3,(H,29,30)(H,31,32). The summed E-state index contributed by atoms with van der Waals surface area (Å²) in [6, 6.07) is 11.4. The summed E-state index contributed by atoms with van der Waals surface area (Å²) in [7, 11) is 0. The predicted molar refractivity (Wildman–Crippen MR) is 120 cm³/mol. The van der Waals surface area contributed by atoms with Crippen molar-refractivity contribution in [3.05, 3.63) is 70.9 Å². The number of halogens is 3. The second kappa shape index (κ2) is 9.18.